The number of nitrogens with zero attached hydrogens (tertiary/aromatic N) is 6. The van der Waals surface area contributed by atoms with Gasteiger partial charge in [-0.2, -0.15) is 5.10 Å². The van der Waals surface area contributed by atoms with Crippen molar-refractivity contribution in [2.24, 2.45) is 0 Å². The van der Waals surface area contributed by atoms with Crippen LogP contribution < -0.4 is 4.90 Å². The van der Waals surface area contributed by atoms with Crippen LogP contribution in [-0.2, 0) is 9.53 Å². The maximum Gasteiger partial charge on any atom is 0.340 e. The molecule has 1 amide bonds. The van der Waals surface area contributed by atoms with Crippen LogP contribution >= 0.6 is 11.3 Å². The Hall–Kier alpha value is -3.92. The van der Waals surface area contributed by atoms with E-state index in [1.807, 2.05) is 35.7 Å². The van der Waals surface area contributed by atoms with E-state index >= 15 is 0 Å². The van der Waals surface area contributed by atoms with Crippen LogP contribution in [0.5, 0.6) is 0 Å². The predicted octanol–water partition coefficient (Wildman–Crippen LogP) is 4.56. The van der Waals surface area contributed by atoms with Crippen molar-refractivity contribution in [2.75, 3.05) is 18.1 Å². The van der Waals surface area contributed by atoms with Gasteiger partial charge in [0.1, 0.15) is 12.7 Å². The molecule has 0 atom stereocenters. The largest absolute Gasteiger partial charge is 0.452 e. The van der Waals surface area contributed by atoms with Gasteiger partial charge in [0.2, 0.25) is 0 Å². The predicted molar refractivity (Wildman–Crippen MR) is 133 cm³/mol. The summed E-state index contributed by atoms with van der Waals surface area (Å²) in [4.78, 5) is 40.0. The first-order valence-corrected chi connectivity index (χ1v) is 12.3. The van der Waals surface area contributed by atoms with Crippen LogP contribution in [0, 0.1) is 0 Å². The number of hydrogen-bond donors (Lipinski definition) is 0. The second kappa shape index (κ2) is 12.0. The zero-order chi connectivity index (χ0) is 24.5. The SMILES string of the molecule is CCCCCCN(C(=O)COC(=O)c1ccc(-n2cncn2)nc1)c1nc(-c2ccccc2)cs1. The Morgan fingerprint density at radius 3 is 2.66 bits per heavy atom. The molecule has 0 radical (unpaired) electrons. The first-order valence-electron chi connectivity index (χ1n) is 11.4. The van der Waals surface area contributed by atoms with Gasteiger partial charge in [0.25, 0.3) is 5.91 Å². The van der Waals surface area contributed by atoms with Gasteiger partial charge in [-0.05, 0) is 18.6 Å². The summed E-state index contributed by atoms with van der Waals surface area (Å²) in [6.45, 7) is 2.28. The van der Waals surface area contributed by atoms with Crippen LogP contribution in [0.3, 0.4) is 0 Å². The summed E-state index contributed by atoms with van der Waals surface area (Å²) in [5, 5.41) is 6.53. The smallest absolute Gasteiger partial charge is 0.340 e. The monoisotopic (exact) mass is 490 g/mol. The van der Waals surface area contributed by atoms with E-state index in [1.54, 1.807) is 17.0 Å². The van der Waals surface area contributed by atoms with Crippen LogP contribution in [0.15, 0.2) is 66.7 Å². The lowest BCUT2D eigenvalue weighted by molar-refractivity contribution is -0.121. The van der Waals surface area contributed by atoms with Crippen molar-refractivity contribution in [3.05, 3.63) is 72.3 Å². The number of amides is 1. The highest BCUT2D eigenvalue weighted by Crippen LogP contribution is 2.28. The minimum absolute atomic E-state index is 0.247. The second-order valence-corrected chi connectivity index (χ2v) is 8.65. The van der Waals surface area contributed by atoms with Crippen molar-refractivity contribution in [3.8, 4) is 17.1 Å². The molecule has 9 nitrogen and oxygen atoms in total. The Morgan fingerprint density at radius 1 is 1.09 bits per heavy atom. The molecular weight excluding hydrogens is 464 g/mol. The number of carbonyl (C=O) groups excluding carboxylic acids is 2. The summed E-state index contributed by atoms with van der Waals surface area (Å²) in [6.07, 6.45) is 8.36. The number of hydrogen-bond acceptors (Lipinski definition) is 8. The highest BCUT2D eigenvalue weighted by Gasteiger charge is 2.21. The number of thiazole rings is 1. The van der Waals surface area contributed by atoms with Crippen LogP contribution in [0.4, 0.5) is 5.13 Å². The molecule has 1 aromatic carbocycles. The normalized spacial score (nSPS) is 10.8. The highest BCUT2D eigenvalue weighted by molar-refractivity contribution is 7.14. The molecular formula is C25H26N6O3S. The van der Waals surface area contributed by atoms with E-state index in [0.29, 0.717) is 17.5 Å². The molecule has 0 N–H and O–H groups in total. The molecule has 0 saturated carbocycles. The Labute approximate surface area is 207 Å². The Kier molecular flexibility index (Phi) is 8.29. The zero-order valence-electron chi connectivity index (χ0n) is 19.4. The van der Waals surface area contributed by atoms with Gasteiger partial charge < -0.3 is 4.74 Å². The van der Waals surface area contributed by atoms with Crippen molar-refractivity contribution in [2.45, 2.75) is 32.6 Å². The molecule has 10 heteroatoms. The maximum atomic E-state index is 13.1. The third-order valence-corrected chi connectivity index (χ3v) is 6.16. The molecule has 0 saturated heterocycles. The molecule has 180 valence electrons. The number of carbonyl (C=O) groups is 2. The third-order valence-electron chi connectivity index (χ3n) is 5.29. The fraction of sp³-hybridized carbons (Fsp3) is 0.280. The summed E-state index contributed by atoms with van der Waals surface area (Å²) >= 11 is 1.41. The Balaban J connectivity index is 1.41. The molecule has 35 heavy (non-hydrogen) atoms. The lowest BCUT2D eigenvalue weighted by atomic mass is 10.2. The van der Waals surface area contributed by atoms with Crippen LogP contribution in [0.25, 0.3) is 17.1 Å². The van der Waals surface area contributed by atoms with Gasteiger partial charge in [-0.3, -0.25) is 9.69 Å². The molecule has 0 unspecified atom stereocenters. The number of anilines is 1. The van der Waals surface area contributed by atoms with Gasteiger partial charge in [0.05, 0.1) is 11.3 Å². The van der Waals surface area contributed by atoms with Crippen LogP contribution in [-0.4, -0.2) is 49.8 Å². The number of benzene rings is 1. The molecule has 0 aliphatic rings. The van der Waals surface area contributed by atoms with E-state index in [4.69, 9.17) is 4.74 Å². The standard InChI is InChI=1S/C25H26N6O3S/c1-2-3-4-8-13-30(25-29-21(16-35-25)19-9-6-5-7-10-19)23(32)15-34-24(33)20-11-12-22(27-14-20)31-18-26-17-28-31/h5-7,9-12,14,16-18H,2-4,8,13,15H2,1H3. The maximum absolute atomic E-state index is 13.1. The summed E-state index contributed by atoms with van der Waals surface area (Å²) < 4.78 is 6.79. The van der Waals surface area contributed by atoms with Gasteiger partial charge in [0.15, 0.2) is 17.6 Å². The van der Waals surface area contributed by atoms with Crippen LogP contribution in [0.1, 0.15) is 43.0 Å². The topological polar surface area (TPSA) is 103 Å². The number of esters is 1. The fourth-order valence-corrected chi connectivity index (χ4v) is 4.29. The van der Waals surface area contributed by atoms with Gasteiger partial charge >= 0.3 is 5.97 Å². The molecule has 3 heterocycles. The van der Waals surface area contributed by atoms with Crippen LogP contribution in [0.2, 0.25) is 0 Å². The lowest BCUT2D eigenvalue weighted by Gasteiger charge is -2.20. The van der Waals surface area contributed by atoms with E-state index < -0.39 is 5.97 Å². The average molecular weight is 491 g/mol. The zero-order valence-corrected chi connectivity index (χ0v) is 20.2. The number of aromatic nitrogens is 5. The summed E-state index contributed by atoms with van der Waals surface area (Å²) in [6, 6.07) is 13.0. The summed E-state index contributed by atoms with van der Waals surface area (Å²) in [5.74, 6) is -0.409. The van der Waals surface area contributed by atoms with E-state index in [1.165, 1.54) is 34.9 Å². The summed E-state index contributed by atoms with van der Waals surface area (Å²) in [5.41, 5.74) is 2.05. The summed E-state index contributed by atoms with van der Waals surface area (Å²) in [7, 11) is 0. The van der Waals surface area contributed by atoms with E-state index in [-0.39, 0.29) is 18.1 Å². The third kappa shape index (κ3) is 6.36. The molecule has 4 rings (SSSR count). The average Bonchev–Trinajstić information content (AvgIpc) is 3.61. The number of ether oxygens (including phenoxy) is 1. The van der Waals surface area contributed by atoms with Crippen molar-refractivity contribution < 1.29 is 14.3 Å². The molecule has 4 aromatic rings. The molecule has 0 aliphatic heterocycles. The number of pyridine rings is 1. The Morgan fingerprint density at radius 2 is 1.94 bits per heavy atom. The van der Waals surface area contributed by atoms with Crippen molar-refractivity contribution in [1.29, 1.82) is 0 Å². The second-order valence-electron chi connectivity index (χ2n) is 7.81. The van der Waals surface area contributed by atoms with Gasteiger partial charge in [-0.1, -0.05) is 56.5 Å². The minimum Gasteiger partial charge on any atom is -0.452 e. The molecule has 0 fully saturated rings. The lowest BCUT2D eigenvalue weighted by Crippen LogP contribution is -2.35. The first-order chi connectivity index (χ1) is 17.2. The molecule has 0 bridgehead atoms. The number of rotatable bonds is 11. The molecule has 3 aromatic heterocycles. The quantitative estimate of drug-likeness (QED) is 0.224. The number of unbranched alkanes of at least 4 members (excludes halogenated alkanes) is 3. The van der Waals surface area contributed by atoms with E-state index in [0.717, 1.165) is 36.9 Å². The van der Waals surface area contributed by atoms with Gasteiger partial charge in [-0.25, -0.2) is 24.4 Å². The highest BCUT2D eigenvalue weighted by atomic mass is 32.1. The Bertz CT molecular complexity index is 1230. The van der Waals surface area contributed by atoms with Crippen molar-refractivity contribution in [1.82, 2.24) is 24.7 Å². The molecule has 0 aliphatic carbocycles. The van der Waals surface area contributed by atoms with Gasteiger partial charge in [-0.15, -0.1) is 11.3 Å². The minimum atomic E-state index is -0.619. The van der Waals surface area contributed by atoms with Crippen molar-refractivity contribution >= 4 is 28.3 Å². The first kappa shape index (κ1) is 24.2. The van der Waals surface area contributed by atoms with Crippen molar-refractivity contribution in [3.63, 3.8) is 0 Å². The molecule has 0 spiro atoms. The van der Waals surface area contributed by atoms with E-state index in [9.17, 15) is 9.59 Å². The van der Waals surface area contributed by atoms with Gasteiger partial charge in [0, 0.05) is 23.7 Å². The van der Waals surface area contributed by atoms with E-state index in [2.05, 4.69) is 27.0 Å². The fourth-order valence-electron chi connectivity index (χ4n) is 3.41.